The maximum atomic E-state index is 12.1. The van der Waals surface area contributed by atoms with Crippen LogP contribution in [0.15, 0.2) is 36.4 Å². The van der Waals surface area contributed by atoms with E-state index >= 15 is 0 Å². The maximum absolute atomic E-state index is 12.1. The molecule has 3 aromatic rings. The minimum absolute atomic E-state index is 0.0469. The highest BCUT2D eigenvalue weighted by atomic mass is 32.1. The lowest BCUT2D eigenvalue weighted by Crippen LogP contribution is -2.30. The minimum Gasteiger partial charge on any atom is -0.382 e. The number of rotatable bonds is 10. The predicted octanol–water partition coefficient (Wildman–Crippen LogP) is 4.04. The van der Waals surface area contributed by atoms with E-state index in [1.54, 1.807) is 11.3 Å². The monoisotopic (exact) mass is 412 g/mol. The van der Waals surface area contributed by atoms with Gasteiger partial charge in [-0.1, -0.05) is 30.3 Å². The summed E-state index contributed by atoms with van der Waals surface area (Å²) >= 11 is 1.67. The molecule has 29 heavy (non-hydrogen) atoms. The number of ether oxygens (including phenoxy) is 1. The van der Waals surface area contributed by atoms with Gasteiger partial charge in [0, 0.05) is 44.6 Å². The second-order valence-electron chi connectivity index (χ2n) is 6.86. The van der Waals surface area contributed by atoms with Crippen LogP contribution in [0.25, 0.3) is 20.7 Å². The number of fused-ring (bicyclic) bond motifs is 1. The van der Waals surface area contributed by atoms with Gasteiger partial charge in [0.25, 0.3) is 0 Å². The van der Waals surface area contributed by atoms with Crippen LogP contribution < -0.4 is 10.2 Å². The fraction of sp³-hybridized carbons (Fsp3) is 0.409. The molecule has 1 aromatic carbocycles. The fourth-order valence-electron chi connectivity index (χ4n) is 3.06. The number of carbonyl (C=O) groups excluding carboxylic acids is 1. The van der Waals surface area contributed by atoms with Gasteiger partial charge in [-0.15, -0.1) is 11.3 Å². The summed E-state index contributed by atoms with van der Waals surface area (Å²) in [5.74, 6) is 1.65. The summed E-state index contributed by atoms with van der Waals surface area (Å²) in [4.78, 5) is 25.6. The third-order valence-corrected chi connectivity index (χ3v) is 5.65. The van der Waals surface area contributed by atoms with Crippen LogP contribution in [0.1, 0.15) is 25.6 Å². The molecular weight excluding hydrogens is 384 g/mol. The first-order valence-corrected chi connectivity index (χ1v) is 10.8. The van der Waals surface area contributed by atoms with E-state index in [9.17, 15) is 4.79 Å². The standard InChI is InChI=1S/C22H28N4O2S/c1-4-28-14-8-12-23-20(27)11-13-26(3)21-18-15-19(17-9-6-5-7-10-17)29-22(18)25-16(2)24-21/h5-7,9-10,15H,4,8,11-14H2,1-3H3,(H,23,27). The van der Waals surface area contributed by atoms with Crippen molar-refractivity contribution in [2.24, 2.45) is 0 Å². The van der Waals surface area contributed by atoms with Gasteiger partial charge in [0.15, 0.2) is 0 Å². The van der Waals surface area contributed by atoms with Gasteiger partial charge in [-0.25, -0.2) is 9.97 Å². The van der Waals surface area contributed by atoms with Crippen molar-refractivity contribution >= 4 is 33.3 Å². The second-order valence-corrected chi connectivity index (χ2v) is 7.89. The number of aromatic nitrogens is 2. The van der Waals surface area contributed by atoms with Crippen molar-refractivity contribution in [3.8, 4) is 10.4 Å². The molecule has 2 aromatic heterocycles. The molecular formula is C22H28N4O2S. The minimum atomic E-state index is 0.0469. The van der Waals surface area contributed by atoms with Gasteiger partial charge in [-0.2, -0.15) is 0 Å². The van der Waals surface area contributed by atoms with Gasteiger partial charge in [-0.05, 0) is 31.9 Å². The van der Waals surface area contributed by atoms with E-state index < -0.39 is 0 Å². The van der Waals surface area contributed by atoms with Crippen LogP contribution in [0.4, 0.5) is 5.82 Å². The van der Waals surface area contributed by atoms with Gasteiger partial charge in [0.1, 0.15) is 16.5 Å². The molecule has 0 unspecified atom stereocenters. The summed E-state index contributed by atoms with van der Waals surface area (Å²) < 4.78 is 5.28. The molecule has 0 aliphatic rings. The molecule has 0 saturated carbocycles. The molecule has 0 atom stereocenters. The zero-order valence-electron chi connectivity index (χ0n) is 17.3. The quantitative estimate of drug-likeness (QED) is 0.509. The number of anilines is 1. The Labute approximate surface area is 175 Å². The molecule has 0 fully saturated rings. The first-order chi connectivity index (χ1) is 14.1. The van der Waals surface area contributed by atoms with E-state index in [4.69, 9.17) is 4.74 Å². The summed E-state index contributed by atoms with van der Waals surface area (Å²) in [7, 11) is 1.98. The summed E-state index contributed by atoms with van der Waals surface area (Å²) in [6.45, 7) is 6.50. The Bertz CT molecular complexity index is 943. The number of nitrogens with zero attached hydrogens (tertiary/aromatic N) is 3. The van der Waals surface area contributed by atoms with E-state index in [1.807, 2.05) is 44.0 Å². The summed E-state index contributed by atoms with van der Waals surface area (Å²) in [5, 5.41) is 3.97. The van der Waals surface area contributed by atoms with E-state index in [2.05, 4.69) is 33.5 Å². The Kier molecular flexibility index (Phi) is 7.55. The number of thiophene rings is 1. The molecule has 0 spiro atoms. The van der Waals surface area contributed by atoms with Crippen LogP contribution in [-0.4, -0.2) is 49.2 Å². The summed E-state index contributed by atoms with van der Waals surface area (Å²) in [6.07, 6.45) is 1.25. The lowest BCUT2D eigenvalue weighted by molar-refractivity contribution is -0.120. The van der Waals surface area contributed by atoms with Crippen LogP contribution >= 0.6 is 11.3 Å². The van der Waals surface area contributed by atoms with Crippen molar-refractivity contribution in [3.05, 3.63) is 42.2 Å². The topological polar surface area (TPSA) is 67.3 Å². The van der Waals surface area contributed by atoms with Gasteiger partial charge in [0.2, 0.25) is 5.91 Å². The average molecular weight is 413 g/mol. The lowest BCUT2D eigenvalue weighted by Gasteiger charge is -2.19. The average Bonchev–Trinajstić information content (AvgIpc) is 3.15. The summed E-state index contributed by atoms with van der Waals surface area (Å²) in [5.41, 5.74) is 1.17. The molecule has 6 nitrogen and oxygen atoms in total. The van der Waals surface area contributed by atoms with Crippen LogP contribution in [0.3, 0.4) is 0 Å². The normalized spacial score (nSPS) is 11.0. The highest BCUT2D eigenvalue weighted by molar-refractivity contribution is 7.21. The van der Waals surface area contributed by atoms with E-state index in [1.165, 1.54) is 10.4 Å². The van der Waals surface area contributed by atoms with Crippen molar-refractivity contribution in [3.63, 3.8) is 0 Å². The zero-order valence-corrected chi connectivity index (χ0v) is 18.1. The SMILES string of the molecule is CCOCCCNC(=O)CCN(C)c1nc(C)nc2sc(-c3ccccc3)cc12. The van der Waals surface area contributed by atoms with Gasteiger partial charge in [0.05, 0.1) is 5.39 Å². The molecule has 0 aliphatic heterocycles. The number of amides is 1. The summed E-state index contributed by atoms with van der Waals surface area (Å²) in [6, 6.07) is 12.4. The number of hydrogen-bond donors (Lipinski definition) is 1. The molecule has 154 valence electrons. The van der Waals surface area contributed by atoms with Gasteiger partial charge in [-0.3, -0.25) is 4.79 Å². The van der Waals surface area contributed by atoms with Crippen molar-refractivity contribution in [1.29, 1.82) is 0 Å². The Morgan fingerprint density at radius 3 is 2.79 bits per heavy atom. The molecule has 1 N–H and O–H groups in total. The first kappa shape index (κ1) is 21.2. The van der Waals surface area contributed by atoms with Crippen molar-refractivity contribution in [2.75, 3.05) is 38.3 Å². The highest BCUT2D eigenvalue weighted by Crippen LogP contribution is 2.36. The second kappa shape index (κ2) is 10.3. The van der Waals surface area contributed by atoms with E-state index in [-0.39, 0.29) is 5.91 Å². The Morgan fingerprint density at radius 1 is 1.24 bits per heavy atom. The third-order valence-electron chi connectivity index (χ3n) is 4.57. The number of hydrogen-bond acceptors (Lipinski definition) is 6. The van der Waals surface area contributed by atoms with E-state index in [0.29, 0.717) is 32.7 Å². The lowest BCUT2D eigenvalue weighted by atomic mass is 10.2. The predicted molar refractivity (Wildman–Crippen MR) is 120 cm³/mol. The first-order valence-electron chi connectivity index (χ1n) is 9.97. The van der Waals surface area contributed by atoms with Gasteiger partial charge < -0.3 is 15.0 Å². The zero-order chi connectivity index (χ0) is 20.6. The molecule has 0 radical (unpaired) electrons. The number of carbonyl (C=O) groups is 1. The van der Waals surface area contributed by atoms with Crippen molar-refractivity contribution in [1.82, 2.24) is 15.3 Å². The third kappa shape index (κ3) is 5.74. The highest BCUT2D eigenvalue weighted by Gasteiger charge is 2.15. The van der Waals surface area contributed by atoms with Crippen molar-refractivity contribution in [2.45, 2.75) is 26.7 Å². The Balaban J connectivity index is 1.67. The smallest absolute Gasteiger partial charge is 0.221 e. The van der Waals surface area contributed by atoms with Gasteiger partial charge >= 0.3 is 0 Å². The largest absolute Gasteiger partial charge is 0.382 e. The molecule has 0 bridgehead atoms. The van der Waals surface area contributed by atoms with Crippen molar-refractivity contribution < 1.29 is 9.53 Å². The molecule has 3 rings (SSSR count). The maximum Gasteiger partial charge on any atom is 0.221 e. The van der Waals surface area contributed by atoms with Crippen LogP contribution in [0.5, 0.6) is 0 Å². The fourth-order valence-corrected chi connectivity index (χ4v) is 4.13. The van der Waals surface area contributed by atoms with E-state index in [0.717, 1.165) is 28.3 Å². The molecule has 0 aliphatic carbocycles. The van der Waals surface area contributed by atoms with Crippen LogP contribution in [-0.2, 0) is 9.53 Å². The number of aryl methyl sites for hydroxylation is 1. The molecule has 2 heterocycles. The van der Waals surface area contributed by atoms with Crippen LogP contribution in [0.2, 0.25) is 0 Å². The molecule has 0 saturated heterocycles. The number of nitrogens with one attached hydrogen (secondary N) is 1. The number of benzene rings is 1. The molecule has 1 amide bonds. The van der Waals surface area contributed by atoms with Crippen LogP contribution in [0, 0.1) is 6.92 Å². The Morgan fingerprint density at radius 2 is 2.03 bits per heavy atom. The molecule has 7 heteroatoms. The Hall–Kier alpha value is -2.51.